The van der Waals surface area contributed by atoms with Crippen LogP contribution in [0.15, 0.2) is 53.5 Å². The number of benzene rings is 2. The highest BCUT2D eigenvalue weighted by atomic mass is 127. The molecule has 0 amide bonds. The maximum Gasteiger partial charge on any atom is 0.191 e. The third-order valence-corrected chi connectivity index (χ3v) is 5.60. The van der Waals surface area contributed by atoms with E-state index >= 15 is 0 Å². The van der Waals surface area contributed by atoms with Gasteiger partial charge in [-0.2, -0.15) is 0 Å². The lowest BCUT2D eigenvalue weighted by Crippen LogP contribution is -2.47. The van der Waals surface area contributed by atoms with Crippen molar-refractivity contribution in [2.45, 2.75) is 13.0 Å². The minimum Gasteiger partial charge on any atom is -0.497 e. The molecule has 0 aliphatic carbocycles. The van der Waals surface area contributed by atoms with E-state index in [-0.39, 0.29) is 24.0 Å². The summed E-state index contributed by atoms with van der Waals surface area (Å²) in [6.45, 7) is 7.04. The van der Waals surface area contributed by atoms with Gasteiger partial charge < -0.3 is 25.0 Å². The first kappa shape index (κ1) is 26.1. The molecule has 0 aromatic heterocycles. The van der Waals surface area contributed by atoms with E-state index in [1.54, 1.807) is 14.2 Å². The van der Waals surface area contributed by atoms with Gasteiger partial charge in [-0.1, -0.05) is 12.1 Å². The Kier molecular flexibility index (Phi) is 11.4. The third kappa shape index (κ3) is 8.05. The van der Waals surface area contributed by atoms with Crippen LogP contribution < -0.4 is 25.0 Å². The highest BCUT2D eigenvalue weighted by Crippen LogP contribution is 2.20. The summed E-state index contributed by atoms with van der Waals surface area (Å²) in [6, 6.07) is 16.4. The fraction of sp³-hybridized carbons (Fsp3) is 0.458. The van der Waals surface area contributed by atoms with E-state index in [2.05, 4.69) is 49.7 Å². The fourth-order valence-corrected chi connectivity index (χ4v) is 3.68. The lowest BCUT2D eigenvalue weighted by atomic mass is 10.2. The van der Waals surface area contributed by atoms with E-state index in [9.17, 15) is 0 Å². The van der Waals surface area contributed by atoms with E-state index < -0.39 is 0 Å². The highest BCUT2D eigenvalue weighted by Gasteiger charge is 2.16. The smallest absolute Gasteiger partial charge is 0.191 e. The van der Waals surface area contributed by atoms with Gasteiger partial charge in [-0.25, -0.2) is 0 Å². The number of halogens is 1. The van der Waals surface area contributed by atoms with Crippen molar-refractivity contribution in [3.63, 3.8) is 0 Å². The normalized spacial score (nSPS) is 14.5. The number of nitrogens with one attached hydrogen (secondary N) is 2. The van der Waals surface area contributed by atoms with Gasteiger partial charge in [0.1, 0.15) is 11.5 Å². The summed E-state index contributed by atoms with van der Waals surface area (Å²) in [6.07, 6.45) is 1.09. The van der Waals surface area contributed by atoms with Crippen molar-refractivity contribution in [3.8, 4) is 11.5 Å². The summed E-state index contributed by atoms with van der Waals surface area (Å²) in [4.78, 5) is 9.30. The van der Waals surface area contributed by atoms with Crippen molar-refractivity contribution in [1.82, 2.24) is 15.5 Å². The Balaban J connectivity index is 0.00000363. The highest BCUT2D eigenvalue weighted by molar-refractivity contribution is 14.0. The predicted molar refractivity (Wildman–Crippen MR) is 143 cm³/mol. The molecule has 1 aliphatic heterocycles. The molecule has 3 rings (SSSR count). The van der Waals surface area contributed by atoms with Gasteiger partial charge >= 0.3 is 0 Å². The molecule has 0 spiro atoms. The summed E-state index contributed by atoms with van der Waals surface area (Å²) in [5, 5.41) is 6.78. The first-order valence-electron chi connectivity index (χ1n) is 10.9. The summed E-state index contributed by atoms with van der Waals surface area (Å²) in [7, 11) is 5.19. The Morgan fingerprint density at radius 2 is 1.47 bits per heavy atom. The molecule has 2 aromatic rings. The molecule has 0 radical (unpaired) electrons. The van der Waals surface area contributed by atoms with Gasteiger partial charge in [0, 0.05) is 52.0 Å². The Morgan fingerprint density at radius 3 is 2.03 bits per heavy atom. The summed E-state index contributed by atoms with van der Waals surface area (Å²) < 4.78 is 10.5. The first-order chi connectivity index (χ1) is 15.2. The van der Waals surface area contributed by atoms with Crippen molar-refractivity contribution < 1.29 is 9.47 Å². The van der Waals surface area contributed by atoms with Crippen LogP contribution in [0.1, 0.15) is 12.0 Å². The molecule has 1 saturated heterocycles. The molecule has 0 saturated carbocycles. The topological polar surface area (TPSA) is 61.4 Å². The Hall–Kier alpha value is -2.20. The fourth-order valence-electron chi connectivity index (χ4n) is 3.68. The average molecular weight is 553 g/mol. The number of aliphatic imine (C=N–C) groups is 1. The molecule has 32 heavy (non-hydrogen) atoms. The van der Waals surface area contributed by atoms with Gasteiger partial charge in [0.15, 0.2) is 5.96 Å². The molecule has 0 bridgehead atoms. The van der Waals surface area contributed by atoms with E-state index in [4.69, 9.17) is 9.47 Å². The molecule has 1 aliphatic rings. The second kappa shape index (κ2) is 14.1. The van der Waals surface area contributed by atoms with Gasteiger partial charge in [-0.3, -0.25) is 9.89 Å². The molecule has 1 fully saturated rings. The number of piperazine rings is 1. The van der Waals surface area contributed by atoms with E-state index in [0.29, 0.717) is 0 Å². The molecule has 8 heteroatoms. The zero-order valence-corrected chi connectivity index (χ0v) is 21.7. The number of guanidine groups is 1. The number of rotatable bonds is 9. The second-order valence-electron chi connectivity index (χ2n) is 7.58. The number of hydrogen-bond acceptors (Lipinski definition) is 5. The van der Waals surface area contributed by atoms with E-state index in [0.717, 1.165) is 69.7 Å². The van der Waals surface area contributed by atoms with Gasteiger partial charge in [0.25, 0.3) is 0 Å². The Labute approximate surface area is 209 Å². The minimum atomic E-state index is 0. The maximum absolute atomic E-state index is 5.25. The minimum absolute atomic E-state index is 0. The number of nitrogens with zero attached hydrogens (tertiary/aromatic N) is 3. The van der Waals surface area contributed by atoms with Gasteiger partial charge in [0.05, 0.1) is 14.2 Å². The Bertz CT molecular complexity index is 806. The molecule has 2 N–H and O–H groups in total. The standard InChI is InChI=1S/C24H35N5O2.HI/c1-25-24(27-19-20-5-9-22(30-2)10-6-20)26-13-4-14-28-15-17-29(18-16-28)21-7-11-23(31-3)12-8-21;/h5-12H,4,13-19H2,1-3H3,(H2,25,26,27);1H. The number of hydrogen-bond donors (Lipinski definition) is 2. The largest absolute Gasteiger partial charge is 0.497 e. The molecule has 2 aromatic carbocycles. The van der Waals surface area contributed by atoms with E-state index in [1.165, 1.54) is 11.3 Å². The van der Waals surface area contributed by atoms with Crippen molar-refractivity contribution in [1.29, 1.82) is 0 Å². The SMILES string of the molecule is CN=C(NCCCN1CCN(c2ccc(OC)cc2)CC1)NCc1ccc(OC)cc1.I. The quantitative estimate of drug-likeness (QED) is 0.215. The van der Waals surface area contributed by atoms with Crippen LogP contribution in [-0.2, 0) is 6.54 Å². The van der Waals surface area contributed by atoms with Crippen LogP contribution in [0.2, 0.25) is 0 Å². The molecule has 7 nitrogen and oxygen atoms in total. The maximum atomic E-state index is 5.25. The first-order valence-corrected chi connectivity index (χ1v) is 10.9. The molecule has 0 unspecified atom stereocenters. The molecule has 176 valence electrons. The van der Waals surface area contributed by atoms with Crippen molar-refractivity contribution in [2.75, 3.05) is 65.4 Å². The van der Waals surface area contributed by atoms with Crippen LogP contribution in [0.5, 0.6) is 11.5 Å². The molecule has 0 atom stereocenters. The number of anilines is 1. The van der Waals surface area contributed by atoms with Crippen LogP contribution in [-0.4, -0.2) is 71.4 Å². The second-order valence-corrected chi connectivity index (χ2v) is 7.58. The van der Waals surface area contributed by atoms with Crippen LogP contribution in [0.25, 0.3) is 0 Å². The summed E-state index contributed by atoms with van der Waals surface area (Å²) in [5.74, 6) is 2.61. The van der Waals surface area contributed by atoms with E-state index in [1.807, 2.05) is 31.3 Å². The van der Waals surface area contributed by atoms with Crippen molar-refractivity contribution in [3.05, 3.63) is 54.1 Å². The monoisotopic (exact) mass is 553 g/mol. The van der Waals surface area contributed by atoms with Crippen molar-refractivity contribution in [2.24, 2.45) is 4.99 Å². The number of ether oxygens (including phenoxy) is 2. The summed E-state index contributed by atoms with van der Waals surface area (Å²) >= 11 is 0. The van der Waals surface area contributed by atoms with Gasteiger partial charge in [0.2, 0.25) is 0 Å². The van der Waals surface area contributed by atoms with Gasteiger partial charge in [-0.05, 0) is 54.9 Å². The molecular formula is C24H36IN5O2. The van der Waals surface area contributed by atoms with Gasteiger partial charge in [-0.15, -0.1) is 24.0 Å². The zero-order chi connectivity index (χ0) is 21.9. The van der Waals surface area contributed by atoms with Crippen LogP contribution >= 0.6 is 24.0 Å². The lowest BCUT2D eigenvalue weighted by Gasteiger charge is -2.36. The van der Waals surface area contributed by atoms with Crippen molar-refractivity contribution >= 4 is 35.6 Å². The average Bonchev–Trinajstić information content (AvgIpc) is 2.84. The van der Waals surface area contributed by atoms with Crippen LogP contribution in [0.3, 0.4) is 0 Å². The molecule has 1 heterocycles. The third-order valence-electron chi connectivity index (χ3n) is 5.60. The van der Waals surface area contributed by atoms with Crippen LogP contribution in [0.4, 0.5) is 5.69 Å². The summed E-state index contributed by atoms with van der Waals surface area (Å²) in [5.41, 5.74) is 2.47. The zero-order valence-electron chi connectivity index (χ0n) is 19.3. The number of methoxy groups -OCH3 is 2. The molecular weight excluding hydrogens is 517 g/mol. The van der Waals surface area contributed by atoms with Crippen LogP contribution in [0, 0.1) is 0 Å². The predicted octanol–water partition coefficient (Wildman–Crippen LogP) is 3.20. The lowest BCUT2D eigenvalue weighted by molar-refractivity contribution is 0.255. The Morgan fingerprint density at radius 1 is 0.875 bits per heavy atom.